The zero-order valence-electron chi connectivity index (χ0n) is 11.9. The number of hydrogen-bond acceptors (Lipinski definition) is 2. The zero-order chi connectivity index (χ0) is 13.4. The first-order valence-corrected chi connectivity index (χ1v) is 7.00. The molecule has 3 nitrogen and oxygen atoms in total. The number of fused-ring (bicyclic) bond motifs is 1. The van der Waals surface area contributed by atoms with E-state index in [1.54, 1.807) is 0 Å². The summed E-state index contributed by atoms with van der Waals surface area (Å²) in [5.41, 5.74) is 5.34. The quantitative estimate of drug-likeness (QED) is 0.822. The molecule has 0 radical (unpaired) electrons. The van der Waals surface area contributed by atoms with E-state index in [2.05, 4.69) is 48.4 Å². The molecule has 3 rings (SSSR count). The highest BCUT2D eigenvalue weighted by Crippen LogP contribution is 2.33. The first-order chi connectivity index (χ1) is 9.17. The van der Waals surface area contributed by atoms with Crippen molar-refractivity contribution in [3.63, 3.8) is 0 Å². The molecule has 0 fully saturated rings. The van der Waals surface area contributed by atoms with E-state index in [1.807, 2.05) is 17.9 Å². The largest absolute Gasteiger partial charge is 0.374 e. The van der Waals surface area contributed by atoms with Crippen LogP contribution in [0.15, 0.2) is 30.6 Å². The number of anilines is 1. The summed E-state index contributed by atoms with van der Waals surface area (Å²) in [7, 11) is 4.16. The van der Waals surface area contributed by atoms with Crippen molar-refractivity contribution in [2.24, 2.45) is 13.0 Å². The molecule has 2 aromatic rings. The molecule has 1 atom stereocenters. The lowest BCUT2D eigenvalue weighted by atomic mass is 9.89. The molecule has 1 aliphatic heterocycles. The van der Waals surface area contributed by atoms with Crippen LogP contribution in [0.2, 0.25) is 0 Å². The van der Waals surface area contributed by atoms with E-state index in [4.69, 9.17) is 0 Å². The third kappa shape index (κ3) is 2.25. The van der Waals surface area contributed by atoms with Crippen molar-refractivity contribution in [2.75, 3.05) is 18.5 Å². The van der Waals surface area contributed by atoms with Crippen LogP contribution in [0.5, 0.6) is 0 Å². The van der Waals surface area contributed by atoms with Crippen LogP contribution in [0, 0.1) is 5.92 Å². The van der Waals surface area contributed by atoms with Crippen LogP contribution in [0.25, 0.3) is 11.1 Å². The maximum Gasteiger partial charge on any atom is 0.0568 e. The molecule has 0 saturated heterocycles. The first-order valence-electron chi connectivity index (χ1n) is 7.00. The topological polar surface area (TPSA) is 21.1 Å². The van der Waals surface area contributed by atoms with Crippen molar-refractivity contribution >= 4 is 5.69 Å². The molecule has 2 heterocycles. The van der Waals surface area contributed by atoms with Crippen molar-refractivity contribution in [2.45, 2.75) is 19.8 Å². The molecule has 0 aliphatic carbocycles. The van der Waals surface area contributed by atoms with Gasteiger partial charge >= 0.3 is 0 Å². The number of aromatic nitrogens is 2. The van der Waals surface area contributed by atoms with E-state index in [0.717, 1.165) is 5.92 Å². The van der Waals surface area contributed by atoms with Gasteiger partial charge < -0.3 is 4.90 Å². The fourth-order valence-electron chi connectivity index (χ4n) is 3.01. The minimum Gasteiger partial charge on any atom is -0.374 e. The summed E-state index contributed by atoms with van der Waals surface area (Å²) in [6.07, 6.45) is 6.46. The predicted octanol–water partition coefficient (Wildman–Crippen LogP) is 3.11. The van der Waals surface area contributed by atoms with Crippen LogP contribution < -0.4 is 4.90 Å². The Labute approximate surface area is 114 Å². The van der Waals surface area contributed by atoms with E-state index in [0.29, 0.717) is 0 Å². The van der Waals surface area contributed by atoms with Crippen LogP contribution in [0.4, 0.5) is 5.69 Å². The van der Waals surface area contributed by atoms with Gasteiger partial charge in [0.05, 0.1) is 6.20 Å². The SMILES string of the molecule is CCC1Cc2cc(-c3cnn(C)c3)ccc2N(C)C1. The number of benzene rings is 1. The average molecular weight is 255 g/mol. The van der Waals surface area contributed by atoms with Crippen LogP contribution >= 0.6 is 0 Å². The molecule has 1 aromatic carbocycles. The molecule has 3 heteroatoms. The van der Waals surface area contributed by atoms with E-state index in [-0.39, 0.29) is 0 Å². The molecule has 19 heavy (non-hydrogen) atoms. The highest BCUT2D eigenvalue weighted by Gasteiger charge is 2.21. The smallest absolute Gasteiger partial charge is 0.0568 e. The third-order valence-corrected chi connectivity index (χ3v) is 4.15. The summed E-state index contributed by atoms with van der Waals surface area (Å²) in [5, 5.41) is 4.26. The van der Waals surface area contributed by atoms with Crippen molar-refractivity contribution in [1.82, 2.24) is 9.78 Å². The third-order valence-electron chi connectivity index (χ3n) is 4.15. The van der Waals surface area contributed by atoms with Gasteiger partial charge in [-0.15, -0.1) is 0 Å². The maximum atomic E-state index is 4.26. The van der Waals surface area contributed by atoms with Crippen LogP contribution in [0.1, 0.15) is 18.9 Å². The van der Waals surface area contributed by atoms with Gasteiger partial charge in [0.1, 0.15) is 0 Å². The molecule has 0 bridgehead atoms. The molecule has 0 amide bonds. The fraction of sp³-hybridized carbons (Fsp3) is 0.438. The van der Waals surface area contributed by atoms with Gasteiger partial charge in [-0.25, -0.2) is 0 Å². The average Bonchev–Trinajstić information content (AvgIpc) is 2.84. The second-order valence-corrected chi connectivity index (χ2v) is 5.61. The lowest BCUT2D eigenvalue weighted by Crippen LogP contribution is -2.31. The second-order valence-electron chi connectivity index (χ2n) is 5.61. The number of aryl methyl sites for hydroxylation is 1. The lowest BCUT2D eigenvalue weighted by molar-refractivity contribution is 0.489. The Balaban J connectivity index is 1.99. The molecule has 0 N–H and O–H groups in total. The van der Waals surface area contributed by atoms with Crippen LogP contribution in [-0.2, 0) is 13.5 Å². The Bertz CT molecular complexity index is 585. The lowest BCUT2D eigenvalue weighted by Gasteiger charge is -2.33. The molecular formula is C16H21N3. The zero-order valence-corrected chi connectivity index (χ0v) is 11.9. The van der Waals surface area contributed by atoms with Gasteiger partial charge in [-0.05, 0) is 35.6 Å². The highest BCUT2D eigenvalue weighted by molar-refractivity contribution is 5.68. The molecule has 1 unspecified atom stereocenters. The molecule has 0 saturated carbocycles. The summed E-state index contributed by atoms with van der Waals surface area (Å²) in [6, 6.07) is 6.80. The number of nitrogens with zero attached hydrogens (tertiary/aromatic N) is 3. The van der Waals surface area contributed by atoms with E-state index >= 15 is 0 Å². The molecular weight excluding hydrogens is 234 g/mol. The van der Waals surface area contributed by atoms with Crippen LogP contribution in [0.3, 0.4) is 0 Å². The van der Waals surface area contributed by atoms with Gasteiger partial charge in [-0.2, -0.15) is 5.10 Å². The maximum absolute atomic E-state index is 4.26. The van der Waals surface area contributed by atoms with Gasteiger partial charge in [0.25, 0.3) is 0 Å². The highest BCUT2D eigenvalue weighted by atomic mass is 15.2. The second kappa shape index (κ2) is 4.72. The molecule has 1 aliphatic rings. The fourth-order valence-corrected chi connectivity index (χ4v) is 3.01. The van der Waals surface area contributed by atoms with Crippen molar-refractivity contribution in [3.8, 4) is 11.1 Å². The minimum absolute atomic E-state index is 0.779. The Kier molecular flexibility index (Phi) is 3.05. The minimum atomic E-state index is 0.779. The predicted molar refractivity (Wildman–Crippen MR) is 79.4 cm³/mol. The van der Waals surface area contributed by atoms with Gasteiger partial charge in [-0.3, -0.25) is 4.68 Å². The van der Waals surface area contributed by atoms with Gasteiger partial charge in [-0.1, -0.05) is 19.4 Å². The van der Waals surface area contributed by atoms with E-state index in [9.17, 15) is 0 Å². The van der Waals surface area contributed by atoms with Crippen molar-refractivity contribution in [1.29, 1.82) is 0 Å². The molecule has 0 spiro atoms. The van der Waals surface area contributed by atoms with Gasteiger partial charge in [0.15, 0.2) is 0 Å². The monoisotopic (exact) mass is 255 g/mol. The summed E-state index contributed by atoms with van der Waals surface area (Å²) >= 11 is 0. The first kappa shape index (κ1) is 12.3. The standard InChI is InChI=1S/C16H21N3/c1-4-12-7-14-8-13(15-9-17-19(3)11-15)5-6-16(14)18(2)10-12/h5-6,8-9,11-12H,4,7,10H2,1-3H3. The summed E-state index contributed by atoms with van der Waals surface area (Å²) < 4.78 is 1.86. The van der Waals surface area contributed by atoms with Gasteiger partial charge in [0.2, 0.25) is 0 Å². The summed E-state index contributed by atoms with van der Waals surface area (Å²) in [5.74, 6) is 0.779. The summed E-state index contributed by atoms with van der Waals surface area (Å²) in [4.78, 5) is 2.39. The Morgan fingerprint density at radius 1 is 1.26 bits per heavy atom. The Morgan fingerprint density at radius 2 is 2.11 bits per heavy atom. The normalized spacial score (nSPS) is 18.5. The van der Waals surface area contributed by atoms with Crippen LogP contribution in [-0.4, -0.2) is 23.4 Å². The number of rotatable bonds is 2. The van der Waals surface area contributed by atoms with E-state index in [1.165, 1.54) is 41.8 Å². The van der Waals surface area contributed by atoms with Gasteiger partial charge in [0, 0.05) is 38.1 Å². The van der Waals surface area contributed by atoms with Crippen molar-refractivity contribution in [3.05, 3.63) is 36.2 Å². The van der Waals surface area contributed by atoms with Crippen molar-refractivity contribution < 1.29 is 0 Å². The molecule has 100 valence electrons. The Morgan fingerprint density at radius 3 is 2.79 bits per heavy atom. The number of hydrogen-bond donors (Lipinski definition) is 0. The Hall–Kier alpha value is -1.77. The summed E-state index contributed by atoms with van der Waals surface area (Å²) in [6.45, 7) is 3.46. The van der Waals surface area contributed by atoms with E-state index < -0.39 is 0 Å². The molecule has 1 aromatic heterocycles.